The van der Waals surface area contributed by atoms with Gasteiger partial charge in [-0.1, -0.05) is 98.8 Å². The van der Waals surface area contributed by atoms with Gasteiger partial charge in [-0.05, 0) is 35.3 Å². The Labute approximate surface area is 172 Å². The lowest BCUT2D eigenvalue weighted by Gasteiger charge is -2.22. The van der Waals surface area contributed by atoms with Crippen LogP contribution < -0.4 is 15.9 Å². The van der Waals surface area contributed by atoms with Gasteiger partial charge in [0, 0.05) is 11.8 Å². The lowest BCUT2D eigenvalue weighted by atomic mass is 10.1. The highest BCUT2D eigenvalue weighted by Crippen LogP contribution is 2.34. The zero-order valence-corrected chi connectivity index (χ0v) is 18.0. The van der Waals surface area contributed by atoms with E-state index in [1.165, 1.54) is 32.2 Å². The summed E-state index contributed by atoms with van der Waals surface area (Å²) < 4.78 is 0. The molecule has 0 aliphatic rings. The van der Waals surface area contributed by atoms with Crippen molar-refractivity contribution in [3.63, 3.8) is 0 Å². The first-order valence-corrected chi connectivity index (χ1v) is 11.9. The predicted octanol–water partition coefficient (Wildman–Crippen LogP) is 5.62. The zero-order valence-electron chi connectivity index (χ0n) is 16.2. The molecule has 0 amide bonds. The lowest BCUT2D eigenvalue weighted by molar-refractivity contribution is 0.825. The van der Waals surface area contributed by atoms with E-state index in [4.69, 9.17) is 4.98 Å². The van der Waals surface area contributed by atoms with Crippen molar-refractivity contribution in [3.05, 3.63) is 107 Å². The van der Waals surface area contributed by atoms with Crippen LogP contribution in [0.25, 0.3) is 0 Å². The minimum atomic E-state index is -0.592. The van der Waals surface area contributed by atoms with Crippen LogP contribution in [-0.4, -0.2) is 4.98 Å². The van der Waals surface area contributed by atoms with Crippen LogP contribution in [0, 0.1) is 0 Å². The van der Waals surface area contributed by atoms with Crippen LogP contribution >= 0.6 is 19.3 Å². The van der Waals surface area contributed by atoms with Crippen molar-refractivity contribution in [3.8, 4) is 0 Å². The van der Waals surface area contributed by atoms with Crippen LogP contribution in [0.4, 0.5) is 0 Å². The molecule has 4 aromatic rings. The van der Waals surface area contributed by atoms with Crippen molar-refractivity contribution >= 4 is 35.2 Å². The largest absolute Gasteiger partial charge is 0.246 e. The minimum absolute atomic E-state index is 0.478. The van der Waals surface area contributed by atoms with Crippen LogP contribution in [0.15, 0.2) is 90.3 Å². The standard InChI is InChI=1S/C25H24NPS/c1-19(2)23-18-28-25(26-23)17-20-11-9-10-16-24(20)27(21-12-5-3-6-13-21)22-14-7-4-8-15-22/h3-16,18-19H,17H2,1-2H3. The highest BCUT2D eigenvalue weighted by molar-refractivity contribution is 7.79. The van der Waals surface area contributed by atoms with Gasteiger partial charge in [-0.25, -0.2) is 4.98 Å². The molecule has 0 saturated carbocycles. The topological polar surface area (TPSA) is 12.9 Å². The predicted molar refractivity (Wildman–Crippen MR) is 124 cm³/mol. The van der Waals surface area contributed by atoms with Gasteiger partial charge in [0.2, 0.25) is 0 Å². The van der Waals surface area contributed by atoms with Gasteiger partial charge in [-0.3, -0.25) is 0 Å². The Balaban J connectivity index is 1.77. The Morgan fingerprint density at radius 1 is 0.786 bits per heavy atom. The zero-order chi connectivity index (χ0) is 19.3. The van der Waals surface area contributed by atoms with E-state index in [1.807, 2.05) is 0 Å². The molecule has 28 heavy (non-hydrogen) atoms. The van der Waals surface area contributed by atoms with Crippen LogP contribution in [0.5, 0.6) is 0 Å². The Kier molecular flexibility index (Phi) is 6.00. The number of rotatable bonds is 6. The molecule has 0 radical (unpaired) electrons. The molecular formula is C25H24NPS. The number of aromatic nitrogens is 1. The molecule has 140 valence electrons. The summed E-state index contributed by atoms with van der Waals surface area (Å²) in [6, 6.07) is 30.7. The Hall–Kier alpha value is -2.28. The van der Waals surface area contributed by atoms with Crippen LogP contribution in [0.1, 0.15) is 36.0 Å². The molecule has 4 rings (SSSR count). The van der Waals surface area contributed by atoms with Crippen molar-refractivity contribution in [1.82, 2.24) is 4.98 Å². The molecule has 0 fully saturated rings. The number of hydrogen-bond donors (Lipinski definition) is 0. The number of nitrogens with zero attached hydrogens (tertiary/aromatic N) is 1. The van der Waals surface area contributed by atoms with E-state index in [2.05, 4.69) is 104 Å². The third-order valence-electron chi connectivity index (χ3n) is 4.76. The third kappa shape index (κ3) is 4.24. The third-order valence-corrected chi connectivity index (χ3v) is 8.18. The smallest absolute Gasteiger partial charge is 0.0972 e. The Bertz CT molecular complexity index is 985. The number of hydrogen-bond acceptors (Lipinski definition) is 2. The summed E-state index contributed by atoms with van der Waals surface area (Å²) in [4.78, 5) is 4.88. The van der Waals surface area contributed by atoms with E-state index in [0.717, 1.165) is 6.42 Å². The van der Waals surface area contributed by atoms with E-state index in [0.29, 0.717) is 5.92 Å². The fourth-order valence-corrected chi connectivity index (χ4v) is 6.74. The van der Waals surface area contributed by atoms with Crippen molar-refractivity contribution in [2.24, 2.45) is 0 Å². The molecule has 1 aromatic heterocycles. The summed E-state index contributed by atoms with van der Waals surface area (Å²) in [5.74, 6) is 0.478. The van der Waals surface area contributed by atoms with Crippen LogP contribution in [0.2, 0.25) is 0 Å². The first-order chi connectivity index (χ1) is 13.7. The molecule has 1 nitrogen and oxygen atoms in total. The van der Waals surface area contributed by atoms with Crippen molar-refractivity contribution < 1.29 is 0 Å². The number of thiazole rings is 1. The molecule has 3 heteroatoms. The van der Waals surface area contributed by atoms with Gasteiger partial charge in [0.05, 0.1) is 10.7 Å². The molecular weight excluding hydrogens is 377 g/mol. The fourth-order valence-electron chi connectivity index (χ4n) is 3.29. The SMILES string of the molecule is CC(C)c1csc(Cc2ccccc2P(c2ccccc2)c2ccccc2)n1. The monoisotopic (exact) mass is 401 g/mol. The molecule has 1 heterocycles. The molecule has 0 bridgehead atoms. The normalized spacial score (nSPS) is 11.3. The van der Waals surface area contributed by atoms with Gasteiger partial charge in [-0.15, -0.1) is 11.3 Å². The van der Waals surface area contributed by atoms with Gasteiger partial charge in [-0.2, -0.15) is 0 Å². The summed E-state index contributed by atoms with van der Waals surface area (Å²) >= 11 is 1.78. The molecule has 0 unspecified atom stereocenters. The maximum Gasteiger partial charge on any atom is 0.0972 e. The first-order valence-electron chi connectivity index (χ1n) is 9.65. The summed E-state index contributed by atoms with van der Waals surface area (Å²) in [6.07, 6.45) is 0.895. The molecule has 0 saturated heterocycles. The van der Waals surface area contributed by atoms with Crippen LogP contribution in [-0.2, 0) is 6.42 Å². The van der Waals surface area contributed by atoms with E-state index in [9.17, 15) is 0 Å². The van der Waals surface area contributed by atoms with Gasteiger partial charge >= 0.3 is 0 Å². The van der Waals surface area contributed by atoms with Gasteiger partial charge < -0.3 is 0 Å². The Morgan fingerprint density at radius 2 is 1.36 bits per heavy atom. The summed E-state index contributed by atoms with van der Waals surface area (Å²) in [6.45, 7) is 4.41. The second kappa shape index (κ2) is 8.82. The van der Waals surface area contributed by atoms with E-state index < -0.39 is 7.92 Å². The first kappa shape index (κ1) is 19.1. The van der Waals surface area contributed by atoms with Gasteiger partial charge in [0.1, 0.15) is 0 Å². The van der Waals surface area contributed by atoms with Gasteiger partial charge in [0.15, 0.2) is 0 Å². The van der Waals surface area contributed by atoms with Gasteiger partial charge in [0.25, 0.3) is 0 Å². The van der Waals surface area contributed by atoms with Crippen LogP contribution in [0.3, 0.4) is 0 Å². The molecule has 0 aliphatic carbocycles. The average molecular weight is 402 g/mol. The Morgan fingerprint density at radius 3 is 1.93 bits per heavy atom. The van der Waals surface area contributed by atoms with Crippen molar-refractivity contribution in [1.29, 1.82) is 0 Å². The summed E-state index contributed by atoms with van der Waals surface area (Å²) in [5.41, 5.74) is 2.58. The quantitative estimate of drug-likeness (QED) is 0.382. The van der Waals surface area contributed by atoms with E-state index in [-0.39, 0.29) is 0 Å². The maximum absolute atomic E-state index is 4.88. The molecule has 3 aromatic carbocycles. The van der Waals surface area contributed by atoms with E-state index in [1.54, 1.807) is 11.3 Å². The second-order valence-corrected chi connectivity index (χ2v) is 10.3. The number of benzene rings is 3. The fraction of sp³-hybridized carbons (Fsp3) is 0.160. The molecule has 0 N–H and O–H groups in total. The average Bonchev–Trinajstić information content (AvgIpc) is 3.20. The molecule has 0 spiro atoms. The molecule has 0 aliphatic heterocycles. The maximum atomic E-state index is 4.88. The highest BCUT2D eigenvalue weighted by atomic mass is 32.1. The lowest BCUT2D eigenvalue weighted by Crippen LogP contribution is -2.23. The second-order valence-electron chi connectivity index (χ2n) is 7.13. The van der Waals surface area contributed by atoms with E-state index >= 15 is 0 Å². The van der Waals surface area contributed by atoms with Crippen molar-refractivity contribution in [2.45, 2.75) is 26.2 Å². The minimum Gasteiger partial charge on any atom is -0.246 e. The highest BCUT2D eigenvalue weighted by Gasteiger charge is 2.19. The summed E-state index contributed by atoms with van der Waals surface area (Å²) in [5, 5.41) is 7.61. The molecule has 0 atom stereocenters. The summed E-state index contributed by atoms with van der Waals surface area (Å²) in [7, 11) is -0.592. The van der Waals surface area contributed by atoms with Crippen molar-refractivity contribution in [2.75, 3.05) is 0 Å².